The monoisotopic (exact) mass is 317 g/mol. The maximum atomic E-state index is 11.9. The Kier molecular flexibility index (Phi) is 5.00. The van der Waals surface area contributed by atoms with Crippen molar-refractivity contribution < 1.29 is 9.53 Å². The number of amides is 1. The van der Waals surface area contributed by atoms with Crippen molar-refractivity contribution in [1.29, 1.82) is 0 Å². The predicted octanol–water partition coefficient (Wildman–Crippen LogP) is 3.05. The summed E-state index contributed by atoms with van der Waals surface area (Å²) in [4.78, 5) is 11.9. The highest BCUT2D eigenvalue weighted by Crippen LogP contribution is 2.30. The molecule has 1 unspecified atom stereocenters. The van der Waals surface area contributed by atoms with E-state index >= 15 is 0 Å². The Morgan fingerprint density at radius 2 is 2.00 bits per heavy atom. The third-order valence-corrected chi connectivity index (χ3v) is 4.03. The maximum Gasteiger partial charge on any atom is 0.407 e. The first kappa shape index (κ1) is 17.3. The molecule has 3 N–H and O–H groups in total. The number of carbonyl (C=O) groups is 1. The van der Waals surface area contributed by atoms with Crippen molar-refractivity contribution in [3.05, 3.63) is 35.5 Å². The molecule has 5 nitrogen and oxygen atoms in total. The van der Waals surface area contributed by atoms with Crippen LogP contribution in [0, 0.1) is 6.92 Å². The van der Waals surface area contributed by atoms with Gasteiger partial charge < -0.3 is 20.4 Å². The highest BCUT2D eigenvalue weighted by molar-refractivity contribution is 5.86. The molecule has 0 spiro atoms. The zero-order valence-electron chi connectivity index (χ0n) is 14.6. The van der Waals surface area contributed by atoms with Gasteiger partial charge in [0.05, 0.1) is 0 Å². The smallest absolute Gasteiger partial charge is 0.407 e. The minimum atomic E-state index is -0.502. The Bertz CT molecular complexity index is 698. The van der Waals surface area contributed by atoms with Gasteiger partial charge in [-0.1, -0.05) is 18.2 Å². The van der Waals surface area contributed by atoms with E-state index in [1.165, 1.54) is 22.2 Å². The van der Waals surface area contributed by atoms with Crippen molar-refractivity contribution in [3.8, 4) is 0 Å². The SMILES string of the molecule is Cc1c(C(CN)CNC(=O)OC(C)(C)C)c2ccccc2n1C. The van der Waals surface area contributed by atoms with Crippen LogP contribution in [-0.2, 0) is 11.8 Å². The van der Waals surface area contributed by atoms with Crippen molar-refractivity contribution in [2.75, 3.05) is 13.1 Å². The molecule has 23 heavy (non-hydrogen) atoms. The summed E-state index contributed by atoms with van der Waals surface area (Å²) in [6.07, 6.45) is -0.408. The van der Waals surface area contributed by atoms with Crippen molar-refractivity contribution in [2.45, 2.75) is 39.2 Å². The molecule has 0 bridgehead atoms. The fourth-order valence-corrected chi connectivity index (χ4v) is 2.89. The molecule has 0 saturated carbocycles. The molecule has 2 rings (SSSR count). The minimum absolute atomic E-state index is 0.0496. The van der Waals surface area contributed by atoms with E-state index in [4.69, 9.17) is 10.5 Å². The average molecular weight is 317 g/mol. The number of fused-ring (bicyclic) bond motifs is 1. The number of benzene rings is 1. The Hall–Kier alpha value is -2.01. The highest BCUT2D eigenvalue weighted by atomic mass is 16.6. The molecule has 0 aliphatic rings. The minimum Gasteiger partial charge on any atom is -0.444 e. The first-order valence-corrected chi connectivity index (χ1v) is 7.95. The molecule has 1 aromatic carbocycles. The Labute approximate surface area is 137 Å². The van der Waals surface area contributed by atoms with Gasteiger partial charge in [0.15, 0.2) is 0 Å². The predicted molar refractivity (Wildman–Crippen MR) is 93.7 cm³/mol. The molecule has 0 aliphatic carbocycles. The fourth-order valence-electron chi connectivity index (χ4n) is 2.89. The van der Waals surface area contributed by atoms with Crippen molar-refractivity contribution >= 4 is 17.0 Å². The summed E-state index contributed by atoms with van der Waals surface area (Å²) < 4.78 is 7.46. The first-order valence-electron chi connectivity index (χ1n) is 7.95. The zero-order chi connectivity index (χ0) is 17.2. The topological polar surface area (TPSA) is 69.3 Å². The molecular formula is C18H27N3O2. The van der Waals surface area contributed by atoms with Gasteiger partial charge in [0.1, 0.15) is 5.60 Å². The van der Waals surface area contributed by atoms with Crippen LogP contribution in [0.4, 0.5) is 4.79 Å². The van der Waals surface area contributed by atoms with E-state index in [1.54, 1.807) is 0 Å². The molecule has 126 valence electrons. The van der Waals surface area contributed by atoms with E-state index in [0.717, 1.165) is 0 Å². The van der Waals surface area contributed by atoms with Gasteiger partial charge >= 0.3 is 6.09 Å². The molecule has 0 radical (unpaired) electrons. The third kappa shape index (κ3) is 3.85. The molecule has 0 aliphatic heterocycles. The highest BCUT2D eigenvalue weighted by Gasteiger charge is 2.22. The third-order valence-electron chi connectivity index (χ3n) is 4.03. The van der Waals surface area contributed by atoms with Gasteiger partial charge in [0, 0.05) is 42.7 Å². The maximum absolute atomic E-state index is 11.9. The van der Waals surface area contributed by atoms with E-state index in [2.05, 4.69) is 36.0 Å². The molecule has 1 aromatic heterocycles. The van der Waals surface area contributed by atoms with Crippen LogP contribution in [0.1, 0.15) is 37.9 Å². The van der Waals surface area contributed by atoms with Gasteiger partial charge in [0.25, 0.3) is 0 Å². The van der Waals surface area contributed by atoms with Gasteiger partial charge in [-0.05, 0) is 39.3 Å². The molecule has 1 atom stereocenters. The lowest BCUT2D eigenvalue weighted by atomic mass is 9.96. The van der Waals surface area contributed by atoms with E-state index in [1.807, 2.05) is 32.9 Å². The molecule has 1 amide bonds. The van der Waals surface area contributed by atoms with E-state index in [0.29, 0.717) is 13.1 Å². The lowest BCUT2D eigenvalue weighted by Crippen LogP contribution is -2.36. The summed E-state index contributed by atoms with van der Waals surface area (Å²) in [7, 11) is 2.05. The standard InChI is InChI=1S/C18H27N3O2/c1-12-16(14-8-6-7-9-15(14)21(12)5)13(10-19)11-20-17(22)23-18(2,3)4/h6-9,13H,10-11,19H2,1-5H3,(H,20,22). The Morgan fingerprint density at radius 3 is 2.61 bits per heavy atom. The van der Waals surface area contributed by atoms with Crippen LogP contribution < -0.4 is 11.1 Å². The summed E-state index contributed by atoms with van der Waals surface area (Å²) in [6, 6.07) is 8.26. The second-order valence-corrected chi connectivity index (χ2v) is 6.89. The number of aryl methyl sites for hydroxylation is 1. The van der Waals surface area contributed by atoms with Gasteiger partial charge in [-0.2, -0.15) is 0 Å². The van der Waals surface area contributed by atoms with E-state index in [9.17, 15) is 4.79 Å². The van der Waals surface area contributed by atoms with Crippen molar-refractivity contribution in [2.24, 2.45) is 12.8 Å². The van der Waals surface area contributed by atoms with Crippen LogP contribution in [0.2, 0.25) is 0 Å². The number of carbonyl (C=O) groups excluding carboxylic acids is 1. The summed E-state index contributed by atoms with van der Waals surface area (Å²) >= 11 is 0. The molecular weight excluding hydrogens is 290 g/mol. The van der Waals surface area contributed by atoms with Crippen LogP contribution in [0.5, 0.6) is 0 Å². The fraction of sp³-hybridized carbons (Fsp3) is 0.500. The zero-order valence-corrected chi connectivity index (χ0v) is 14.6. The number of nitrogens with one attached hydrogen (secondary N) is 1. The Balaban J connectivity index is 2.22. The van der Waals surface area contributed by atoms with Gasteiger partial charge in [-0.15, -0.1) is 0 Å². The molecule has 0 saturated heterocycles. The van der Waals surface area contributed by atoms with Crippen LogP contribution in [0.25, 0.3) is 10.9 Å². The number of hydrogen-bond donors (Lipinski definition) is 2. The number of hydrogen-bond acceptors (Lipinski definition) is 3. The average Bonchev–Trinajstić information content (AvgIpc) is 2.72. The van der Waals surface area contributed by atoms with Gasteiger partial charge in [-0.25, -0.2) is 4.79 Å². The van der Waals surface area contributed by atoms with Crippen LogP contribution in [0.15, 0.2) is 24.3 Å². The number of rotatable bonds is 4. The molecule has 0 fully saturated rings. The molecule has 1 heterocycles. The summed E-state index contributed by atoms with van der Waals surface area (Å²) in [5.41, 5.74) is 9.03. The number of aromatic nitrogens is 1. The summed E-state index contributed by atoms with van der Waals surface area (Å²) in [5, 5.41) is 4.03. The summed E-state index contributed by atoms with van der Waals surface area (Å²) in [5.74, 6) is 0.0496. The molecule has 5 heteroatoms. The number of para-hydroxylation sites is 1. The van der Waals surface area contributed by atoms with Crippen LogP contribution >= 0.6 is 0 Å². The second-order valence-electron chi connectivity index (χ2n) is 6.89. The number of nitrogens with zero attached hydrogens (tertiary/aromatic N) is 1. The van der Waals surface area contributed by atoms with Crippen LogP contribution in [-0.4, -0.2) is 29.4 Å². The molecule has 2 aromatic rings. The number of alkyl carbamates (subject to hydrolysis) is 1. The number of nitrogens with two attached hydrogens (primary N) is 1. The first-order chi connectivity index (χ1) is 10.7. The lowest BCUT2D eigenvalue weighted by Gasteiger charge is -2.22. The van der Waals surface area contributed by atoms with Crippen molar-refractivity contribution in [3.63, 3.8) is 0 Å². The van der Waals surface area contributed by atoms with E-state index < -0.39 is 11.7 Å². The van der Waals surface area contributed by atoms with E-state index in [-0.39, 0.29) is 5.92 Å². The summed E-state index contributed by atoms with van der Waals surface area (Å²) in [6.45, 7) is 8.56. The normalized spacial score (nSPS) is 13.1. The lowest BCUT2D eigenvalue weighted by molar-refractivity contribution is 0.0525. The quantitative estimate of drug-likeness (QED) is 0.910. The van der Waals surface area contributed by atoms with Gasteiger partial charge in [-0.3, -0.25) is 0 Å². The largest absolute Gasteiger partial charge is 0.444 e. The Morgan fingerprint density at radius 1 is 1.35 bits per heavy atom. The van der Waals surface area contributed by atoms with Crippen molar-refractivity contribution in [1.82, 2.24) is 9.88 Å². The second kappa shape index (κ2) is 6.62. The van der Waals surface area contributed by atoms with Gasteiger partial charge in [0.2, 0.25) is 0 Å². The number of ether oxygens (including phenoxy) is 1. The van der Waals surface area contributed by atoms with Crippen LogP contribution in [0.3, 0.4) is 0 Å².